The predicted molar refractivity (Wildman–Crippen MR) is 103 cm³/mol. The Kier molecular flexibility index (Phi) is 4.57. The molecular formula is C23H34O4. The van der Waals surface area contributed by atoms with Gasteiger partial charge >= 0.3 is 5.97 Å². The van der Waals surface area contributed by atoms with Crippen LogP contribution in [-0.4, -0.2) is 29.6 Å². The summed E-state index contributed by atoms with van der Waals surface area (Å²) < 4.78 is 5.75. The van der Waals surface area contributed by atoms with E-state index in [0.29, 0.717) is 30.1 Å². The Balaban J connectivity index is 1.73. The molecule has 0 aromatic carbocycles. The van der Waals surface area contributed by atoms with Crippen molar-refractivity contribution in [3.8, 4) is 0 Å². The van der Waals surface area contributed by atoms with Crippen molar-refractivity contribution in [2.75, 3.05) is 6.61 Å². The summed E-state index contributed by atoms with van der Waals surface area (Å²) in [4.78, 5) is 23.9. The number of rotatable bonds is 2. The summed E-state index contributed by atoms with van der Waals surface area (Å²) in [6.45, 7) is 8.49. The molecule has 0 aliphatic heterocycles. The maximum absolute atomic E-state index is 12.2. The molecule has 0 aromatic rings. The maximum atomic E-state index is 12.2. The minimum Gasteiger partial charge on any atom is -0.462 e. The second-order valence-corrected chi connectivity index (χ2v) is 10.1. The molecule has 150 valence electrons. The molecule has 0 radical (unpaired) electrons. The van der Waals surface area contributed by atoms with Crippen molar-refractivity contribution >= 4 is 11.8 Å². The molecule has 8 atom stereocenters. The lowest BCUT2D eigenvalue weighted by Gasteiger charge is -2.62. The third-order valence-electron chi connectivity index (χ3n) is 9.00. The van der Waals surface area contributed by atoms with E-state index in [2.05, 4.69) is 20.8 Å². The van der Waals surface area contributed by atoms with E-state index in [1.807, 2.05) is 6.08 Å². The van der Waals surface area contributed by atoms with E-state index in [9.17, 15) is 14.7 Å². The average Bonchev–Trinajstić information content (AvgIpc) is 2.90. The lowest BCUT2D eigenvalue weighted by Crippen LogP contribution is -2.58. The monoisotopic (exact) mass is 374 g/mol. The largest absolute Gasteiger partial charge is 0.462 e. The molecule has 1 N–H and O–H groups in total. The topological polar surface area (TPSA) is 63.6 Å². The summed E-state index contributed by atoms with van der Waals surface area (Å²) in [5.41, 5.74) is 1.03. The molecule has 27 heavy (non-hydrogen) atoms. The van der Waals surface area contributed by atoms with E-state index in [0.717, 1.165) is 32.1 Å². The van der Waals surface area contributed by atoms with Gasteiger partial charge in [0.25, 0.3) is 0 Å². The highest BCUT2D eigenvalue weighted by Gasteiger charge is 2.63. The number of esters is 1. The van der Waals surface area contributed by atoms with Crippen LogP contribution in [0.15, 0.2) is 11.6 Å². The summed E-state index contributed by atoms with van der Waals surface area (Å²) in [7, 11) is 0. The summed E-state index contributed by atoms with van der Waals surface area (Å²) >= 11 is 0. The Bertz CT molecular complexity index is 682. The van der Waals surface area contributed by atoms with Gasteiger partial charge in [-0.2, -0.15) is 0 Å². The number of carbonyl (C=O) groups excluding carboxylic acids is 2. The van der Waals surface area contributed by atoms with Crippen LogP contribution in [0.1, 0.15) is 66.2 Å². The highest BCUT2D eigenvalue weighted by Crippen LogP contribution is 2.67. The third kappa shape index (κ3) is 2.58. The molecule has 0 bridgehead atoms. The van der Waals surface area contributed by atoms with Crippen LogP contribution in [0, 0.1) is 40.4 Å². The van der Waals surface area contributed by atoms with Gasteiger partial charge in [-0.15, -0.1) is 0 Å². The first kappa shape index (κ1) is 19.2. The number of hydrogen-bond acceptors (Lipinski definition) is 4. The van der Waals surface area contributed by atoms with Gasteiger partial charge in [0.05, 0.1) is 6.61 Å². The Morgan fingerprint density at radius 1 is 1.22 bits per heavy atom. The van der Waals surface area contributed by atoms with Crippen molar-refractivity contribution < 1.29 is 19.4 Å². The number of hydrogen-bond donors (Lipinski definition) is 1. The first-order chi connectivity index (χ1) is 12.7. The lowest BCUT2D eigenvalue weighted by atomic mass is 9.43. The van der Waals surface area contributed by atoms with Crippen molar-refractivity contribution in [3.05, 3.63) is 11.6 Å². The highest BCUT2D eigenvalue weighted by atomic mass is 16.5. The van der Waals surface area contributed by atoms with E-state index in [4.69, 9.17) is 4.74 Å². The Morgan fingerprint density at radius 2 is 1.96 bits per heavy atom. The summed E-state index contributed by atoms with van der Waals surface area (Å²) in [5, 5.41) is 10.6. The van der Waals surface area contributed by atoms with Crippen molar-refractivity contribution in [1.29, 1.82) is 0 Å². The molecule has 4 nitrogen and oxygen atoms in total. The van der Waals surface area contributed by atoms with E-state index in [1.165, 1.54) is 12.5 Å². The van der Waals surface area contributed by atoms with Gasteiger partial charge in [0.2, 0.25) is 0 Å². The second kappa shape index (κ2) is 6.43. The van der Waals surface area contributed by atoms with Gasteiger partial charge < -0.3 is 9.84 Å². The SMILES string of the molecule is CC(=O)O[C@H]1CC[C@H]2[C@@H]3[C@H](C)CC4=CC(=O)C[C@H](C)[C@]4(CO)[C@H]3CC[C@]12C. The van der Waals surface area contributed by atoms with Gasteiger partial charge in [-0.1, -0.05) is 26.3 Å². The Morgan fingerprint density at radius 3 is 2.63 bits per heavy atom. The molecular weight excluding hydrogens is 340 g/mol. The summed E-state index contributed by atoms with van der Waals surface area (Å²) in [6.07, 6.45) is 7.53. The molecule has 4 heteroatoms. The number of ketones is 1. The molecule has 0 unspecified atom stereocenters. The summed E-state index contributed by atoms with van der Waals surface area (Å²) in [5.74, 6) is 2.25. The van der Waals surface area contributed by atoms with Crippen molar-refractivity contribution in [1.82, 2.24) is 0 Å². The minimum atomic E-state index is -0.230. The van der Waals surface area contributed by atoms with Crippen LogP contribution in [0.25, 0.3) is 0 Å². The standard InChI is InChI=1S/C23H34O4/c1-13-9-16-11-17(26)10-14(2)23(16,12-24)19-7-8-22(4)18(21(13)19)5-6-20(22)27-15(3)25/h11,13-14,18-21,24H,5-10,12H2,1-4H3/t13-,14+,18+,19+,20+,21+,22+,23+/m1/s1. The molecule has 4 aliphatic carbocycles. The average molecular weight is 375 g/mol. The zero-order valence-corrected chi connectivity index (χ0v) is 17.2. The summed E-state index contributed by atoms with van der Waals surface area (Å²) in [6, 6.07) is 0. The fourth-order valence-electron chi connectivity index (χ4n) is 7.83. The van der Waals surface area contributed by atoms with Gasteiger partial charge in [-0.3, -0.25) is 9.59 Å². The van der Waals surface area contributed by atoms with E-state index in [1.54, 1.807) is 0 Å². The highest BCUT2D eigenvalue weighted by molar-refractivity contribution is 5.92. The van der Waals surface area contributed by atoms with Crippen LogP contribution in [-0.2, 0) is 14.3 Å². The molecule has 3 saturated carbocycles. The molecule has 0 amide bonds. The second-order valence-electron chi connectivity index (χ2n) is 10.1. The van der Waals surface area contributed by atoms with E-state index in [-0.39, 0.29) is 41.2 Å². The third-order valence-corrected chi connectivity index (χ3v) is 9.00. The maximum Gasteiger partial charge on any atom is 0.302 e. The molecule has 0 heterocycles. The van der Waals surface area contributed by atoms with Crippen LogP contribution < -0.4 is 0 Å². The molecule has 4 aliphatic rings. The van der Waals surface area contributed by atoms with Crippen LogP contribution in [0.3, 0.4) is 0 Å². The van der Waals surface area contributed by atoms with Crippen LogP contribution in [0.4, 0.5) is 0 Å². The van der Waals surface area contributed by atoms with E-state index < -0.39 is 0 Å². The molecule has 4 rings (SSSR count). The van der Waals surface area contributed by atoms with Crippen molar-refractivity contribution in [2.24, 2.45) is 40.4 Å². The van der Waals surface area contributed by atoms with Crippen LogP contribution >= 0.6 is 0 Å². The van der Waals surface area contributed by atoms with Gasteiger partial charge in [0, 0.05) is 24.2 Å². The molecule has 0 saturated heterocycles. The van der Waals surface area contributed by atoms with Crippen molar-refractivity contribution in [3.63, 3.8) is 0 Å². The molecule has 0 aromatic heterocycles. The van der Waals surface area contributed by atoms with Gasteiger partial charge in [0.1, 0.15) is 6.10 Å². The number of aliphatic hydroxyl groups is 1. The molecule has 0 spiro atoms. The predicted octanol–water partition coefficient (Wildman–Crippen LogP) is 3.91. The molecule has 3 fully saturated rings. The van der Waals surface area contributed by atoms with Crippen molar-refractivity contribution in [2.45, 2.75) is 72.3 Å². The van der Waals surface area contributed by atoms with Gasteiger partial charge in [-0.25, -0.2) is 0 Å². The number of aliphatic hydroxyl groups excluding tert-OH is 1. The first-order valence-corrected chi connectivity index (χ1v) is 10.8. The Labute approximate surface area is 162 Å². The normalized spacial score (nSPS) is 48.9. The number of fused-ring (bicyclic) bond motifs is 5. The smallest absolute Gasteiger partial charge is 0.302 e. The quantitative estimate of drug-likeness (QED) is 0.744. The fraction of sp³-hybridized carbons (Fsp3) is 0.826. The zero-order valence-electron chi connectivity index (χ0n) is 17.2. The van der Waals surface area contributed by atoms with Crippen LogP contribution in [0.5, 0.6) is 0 Å². The number of ether oxygens (including phenoxy) is 1. The van der Waals surface area contributed by atoms with Gasteiger partial charge in [-0.05, 0) is 67.8 Å². The fourth-order valence-corrected chi connectivity index (χ4v) is 7.83. The van der Waals surface area contributed by atoms with Crippen LogP contribution in [0.2, 0.25) is 0 Å². The first-order valence-electron chi connectivity index (χ1n) is 10.8. The zero-order chi connectivity index (χ0) is 19.6. The minimum absolute atomic E-state index is 0.0283. The lowest BCUT2D eigenvalue weighted by molar-refractivity contribution is -0.161. The van der Waals surface area contributed by atoms with Gasteiger partial charge in [0.15, 0.2) is 5.78 Å². The number of carbonyl (C=O) groups is 2. The van der Waals surface area contributed by atoms with E-state index >= 15 is 0 Å². The Hall–Kier alpha value is -1.16.